The standard InChI is InChI=1S/C19H28ClN3O2S/c1-22-9-7-15(8-10-22)23(13-16-4-3-11-25-16)19(26)21-14-5-6-17(20)18(12-14)24-2/h5-6,12,15-16H,3-4,7-11,13H2,1-2H3,(H,21,26). The predicted octanol–water partition coefficient (Wildman–Crippen LogP) is 3.62. The van der Waals surface area contributed by atoms with Gasteiger partial charge in [0.15, 0.2) is 5.11 Å². The van der Waals surface area contributed by atoms with Gasteiger partial charge >= 0.3 is 0 Å². The molecule has 0 spiro atoms. The number of anilines is 1. The van der Waals surface area contributed by atoms with Gasteiger partial charge in [-0.15, -0.1) is 0 Å². The molecule has 2 fully saturated rings. The molecule has 1 atom stereocenters. The van der Waals surface area contributed by atoms with E-state index in [2.05, 4.69) is 22.2 Å². The molecule has 3 rings (SSSR count). The third kappa shape index (κ3) is 5.00. The molecule has 1 unspecified atom stereocenters. The van der Waals surface area contributed by atoms with E-state index in [0.717, 1.165) is 62.7 Å². The summed E-state index contributed by atoms with van der Waals surface area (Å²) in [7, 11) is 3.79. The molecule has 0 bridgehead atoms. The van der Waals surface area contributed by atoms with Crippen LogP contribution in [0.2, 0.25) is 5.02 Å². The third-order valence-corrected chi connectivity index (χ3v) is 5.87. The van der Waals surface area contributed by atoms with Crippen molar-refractivity contribution in [3.05, 3.63) is 23.2 Å². The minimum Gasteiger partial charge on any atom is -0.495 e. The van der Waals surface area contributed by atoms with Gasteiger partial charge in [0.25, 0.3) is 0 Å². The van der Waals surface area contributed by atoms with Crippen molar-refractivity contribution in [2.45, 2.75) is 37.8 Å². The Balaban J connectivity index is 1.71. The van der Waals surface area contributed by atoms with Crippen LogP contribution in [0.25, 0.3) is 0 Å². The summed E-state index contributed by atoms with van der Waals surface area (Å²) in [5, 5.41) is 4.72. The second-order valence-electron chi connectivity index (χ2n) is 7.10. The molecule has 144 valence electrons. The van der Waals surface area contributed by atoms with Gasteiger partial charge in [-0.2, -0.15) is 0 Å². The van der Waals surface area contributed by atoms with E-state index in [9.17, 15) is 0 Å². The number of hydrogen-bond donors (Lipinski definition) is 1. The fourth-order valence-electron chi connectivity index (χ4n) is 3.64. The van der Waals surface area contributed by atoms with Crippen LogP contribution in [0.4, 0.5) is 5.69 Å². The summed E-state index contributed by atoms with van der Waals surface area (Å²) < 4.78 is 11.2. The molecule has 7 heteroatoms. The Morgan fingerprint density at radius 3 is 2.81 bits per heavy atom. The van der Waals surface area contributed by atoms with Crippen molar-refractivity contribution in [2.24, 2.45) is 0 Å². The zero-order valence-corrected chi connectivity index (χ0v) is 17.1. The first kappa shape index (κ1) is 19.7. The molecule has 0 aromatic heterocycles. The highest BCUT2D eigenvalue weighted by atomic mass is 35.5. The van der Waals surface area contributed by atoms with Gasteiger partial charge in [-0.1, -0.05) is 11.6 Å². The number of nitrogens with zero attached hydrogens (tertiary/aromatic N) is 2. The van der Waals surface area contributed by atoms with Crippen LogP contribution in [0.5, 0.6) is 5.75 Å². The molecule has 0 saturated carbocycles. The molecule has 5 nitrogen and oxygen atoms in total. The number of hydrogen-bond acceptors (Lipinski definition) is 4. The maximum atomic E-state index is 6.13. The fourth-order valence-corrected chi connectivity index (χ4v) is 4.18. The molecule has 1 aromatic carbocycles. The summed E-state index contributed by atoms with van der Waals surface area (Å²) in [6.07, 6.45) is 4.76. The first-order valence-electron chi connectivity index (χ1n) is 9.28. The van der Waals surface area contributed by atoms with E-state index in [4.69, 9.17) is 33.3 Å². The molecule has 1 N–H and O–H groups in total. The Morgan fingerprint density at radius 2 is 2.15 bits per heavy atom. The van der Waals surface area contributed by atoms with E-state index in [-0.39, 0.29) is 6.10 Å². The topological polar surface area (TPSA) is 37.0 Å². The van der Waals surface area contributed by atoms with Crippen molar-refractivity contribution >= 4 is 34.6 Å². The number of benzene rings is 1. The maximum Gasteiger partial charge on any atom is 0.173 e. The summed E-state index contributed by atoms with van der Waals surface area (Å²) in [4.78, 5) is 4.71. The molecule has 26 heavy (non-hydrogen) atoms. The minimum absolute atomic E-state index is 0.272. The van der Waals surface area contributed by atoms with Gasteiger partial charge in [0.2, 0.25) is 0 Å². The summed E-state index contributed by atoms with van der Waals surface area (Å²) >= 11 is 11.9. The van der Waals surface area contributed by atoms with Crippen LogP contribution < -0.4 is 10.1 Å². The van der Waals surface area contributed by atoms with Crippen molar-refractivity contribution in [1.82, 2.24) is 9.80 Å². The van der Waals surface area contributed by atoms with E-state index in [1.165, 1.54) is 0 Å². The van der Waals surface area contributed by atoms with Gasteiger partial charge in [0, 0.05) is 30.9 Å². The number of nitrogens with one attached hydrogen (secondary N) is 1. The van der Waals surface area contributed by atoms with Gasteiger partial charge in [0.05, 0.1) is 18.2 Å². The Kier molecular flexibility index (Phi) is 6.98. The number of rotatable bonds is 5. The molecule has 0 aliphatic carbocycles. The van der Waals surface area contributed by atoms with E-state index in [0.29, 0.717) is 16.8 Å². The Morgan fingerprint density at radius 1 is 1.38 bits per heavy atom. The summed E-state index contributed by atoms with van der Waals surface area (Å²) in [5.74, 6) is 0.643. The lowest BCUT2D eigenvalue weighted by molar-refractivity contribution is 0.0724. The minimum atomic E-state index is 0.272. The lowest BCUT2D eigenvalue weighted by atomic mass is 10.0. The summed E-state index contributed by atoms with van der Waals surface area (Å²) in [6.45, 7) is 3.92. The van der Waals surface area contributed by atoms with Crippen molar-refractivity contribution in [3.63, 3.8) is 0 Å². The highest BCUT2D eigenvalue weighted by Crippen LogP contribution is 2.28. The lowest BCUT2D eigenvalue weighted by Crippen LogP contribution is -2.50. The number of likely N-dealkylation sites (tertiary alicyclic amines) is 1. The highest BCUT2D eigenvalue weighted by molar-refractivity contribution is 7.80. The molecular formula is C19H28ClN3O2S. The molecule has 1 aromatic rings. The highest BCUT2D eigenvalue weighted by Gasteiger charge is 2.29. The summed E-state index contributed by atoms with van der Waals surface area (Å²) in [5.41, 5.74) is 0.890. The predicted molar refractivity (Wildman–Crippen MR) is 110 cm³/mol. The van der Waals surface area contributed by atoms with Crippen LogP contribution in [0, 0.1) is 0 Å². The number of methoxy groups -OCH3 is 1. The van der Waals surface area contributed by atoms with Crippen molar-refractivity contribution in [1.29, 1.82) is 0 Å². The van der Waals surface area contributed by atoms with E-state index < -0.39 is 0 Å². The molecule has 2 heterocycles. The van der Waals surface area contributed by atoms with Crippen LogP contribution in [-0.2, 0) is 4.74 Å². The average Bonchev–Trinajstić information content (AvgIpc) is 3.15. The van der Waals surface area contributed by atoms with Crippen LogP contribution in [0.3, 0.4) is 0 Å². The molecular weight excluding hydrogens is 370 g/mol. The normalized spacial score (nSPS) is 21.6. The van der Waals surface area contributed by atoms with Crippen LogP contribution >= 0.6 is 23.8 Å². The van der Waals surface area contributed by atoms with Crippen molar-refractivity contribution < 1.29 is 9.47 Å². The Labute approximate surface area is 166 Å². The maximum absolute atomic E-state index is 6.13. The Bertz CT molecular complexity index is 617. The second-order valence-corrected chi connectivity index (χ2v) is 7.90. The lowest BCUT2D eigenvalue weighted by Gasteiger charge is -2.39. The van der Waals surface area contributed by atoms with Gasteiger partial charge in [-0.05, 0) is 70.2 Å². The van der Waals surface area contributed by atoms with Crippen LogP contribution in [0.15, 0.2) is 18.2 Å². The van der Waals surface area contributed by atoms with Crippen molar-refractivity contribution in [2.75, 3.05) is 45.7 Å². The van der Waals surface area contributed by atoms with Crippen molar-refractivity contribution in [3.8, 4) is 5.75 Å². The average molecular weight is 398 g/mol. The Hall–Kier alpha value is -1.08. The van der Waals surface area contributed by atoms with E-state index >= 15 is 0 Å². The second kappa shape index (κ2) is 9.22. The number of thiocarbonyl (C=S) groups is 1. The van der Waals surface area contributed by atoms with Gasteiger partial charge in [-0.25, -0.2) is 0 Å². The number of halogens is 1. The SMILES string of the molecule is COc1cc(NC(=S)N(CC2CCCO2)C2CCN(C)CC2)ccc1Cl. The molecule has 2 saturated heterocycles. The van der Waals surface area contributed by atoms with Gasteiger partial charge in [-0.3, -0.25) is 0 Å². The smallest absolute Gasteiger partial charge is 0.173 e. The quantitative estimate of drug-likeness (QED) is 0.765. The largest absolute Gasteiger partial charge is 0.495 e. The third-order valence-electron chi connectivity index (χ3n) is 5.22. The van der Waals surface area contributed by atoms with Crippen LogP contribution in [0.1, 0.15) is 25.7 Å². The van der Waals surface area contributed by atoms with Gasteiger partial charge in [0.1, 0.15) is 5.75 Å². The molecule has 0 amide bonds. The zero-order valence-electron chi connectivity index (χ0n) is 15.5. The monoisotopic (exact) mass is 397 g/mol. The first-order valence-corrected chi connectivity index (χ1v) is 10.1. The zero-order chi connectivity index (χ0) is 18.5. The van der Waals surface area contributed by atoms with E-state index in [1.54, 1.807) is 7.11 Å². The molecule has 2 aliphatic heterocycles. The van der Waals surface area contributed by atoms with E-state index in [1.807, 2.05) is 18.2 Å². The number of ether oxygens (including phenoxy) is 2. The van der Waals surface area contributed by atoms with Crippen LogP contribution in [-0.4, -0.2) is 67.5 Å². The van der Waals surface area contributed by atoms with Gasteiger partial charge < -0.3 is 24.6 Å². The fraction of sp³-hybridized carbons (Fsp3) is 0.632. The summed E-state index contributed by atoms with van der Waals surface area (Å²) in [6, 6.07) is 6.08. The molecule has 2 aliphatic rings. The first-order chi connectivity index (χ1) is 12.6. The molecule has 0 radical (unpaired) electrons. The number of piperidine rings is 1.